The molecule has 3 rings (SSSR count). The van der Waals surface area contributed by atoms with Crippen LogP contribution in [0.15, 0.2) is 60.7 Å². The van der Waals surface area contributed by atoms with Crippen molar-refractivity contribution in [3.05, 3.63) is 66.2 Å². The molecule has 4 N–H and O–H groups in total. The minimum Gasteiger partial charge on any atom is -0.508 e. The molecule has 1 fully saturated rings. The number of allylic oxidation sites excluding steroid dienone is 1. The van der Waals surface area contributed by atoms with Gasteiger partial charge in [-0.05, 0) is 60.1 Å². The smallest absolute Gasteiger partial charge is 0.245 e. The van der Waals surface area contributed by atoms with Crippen LogP contribution in [0.4, 0.5) is 0 Å². The van der Waals surface area contributed by atoms with Gasteiger partial charge in [-0.3, -0.25) is 4.79 Å². The number of phenolic OH excluding ortho intramolecular Hbond substituents is 1. The van der Waals surface area contributed by atoms with Gasteiger partial charge >= 0.3 is 0 Å². The number of hydrogen-bond acceptors (Lipinski definition) is 3. The average molecular weight is 350 g/mol. The van der Waals surface area contributed by atoms with Crippen LogP contribution in [0.2, 0.25) is 0 Å². The van der Waals surface area contributed by atoms with Crippen LogP contribution in [0.5, 0.6) is 5.75 Å². The van der Waals surface area contributed by atoms with Crippen molar-refractivity contribution in [1.82, 2.24) is 5.32 Å². The van der Waals surface area contributed by atoms with Gasteiger partial charge in [-0.25, -0.2) is 0 Å². The fraction of sp³-hybridized carbons (Fsp3) is 0.318. The van der Waals surface area contributed by atoms with E-state index in [4.69, 9.17) is 5.73 Å². The molecule has 136 valence electrons. The summed E-state index contributed by atoms with van der Waals surface area (Å²) in [7, 11) is 0. The lowest BCUT2D eigenvalue weighted by Gasteiger charge is -2.29. The number of aromatic hydroxyl groups is 1. The Morgan fingerprint density at radius 1 is 1.19 bits per heavy atom. The van der Waals surface area contributed by atoms with E-state index in [0.717, 1.165) is 36.0 Å². The molecular formula is C22H26N2O2. The van der Waals surface area contributed by atoms with Crippen LogP contribution in [-0.4, -0.2) is 17.6 Å². The second-order valence-corrected chi connectivity index (χ2v) is 6.86. The molecule has 1 saturated carbocycles. The zero-order valence-corrected chi connectivity index (χ0v) is 15.1. The van der Waals surface area contributed by atoms with Crippen molar-refractivity contribution < 1.29 is 9.90 Å². The first-order chi connectivity index (χ1) is 12.6. The van der Waals surface area contributed by atoms with Crippen molar-refractivity contribution >= 4 is 5.91 Å². The zero-order chi connectivity index (χ0) is 18.6. The minimum atomic E-state index is -1.02. The first-order valence-electron chi connectivity index (χ1n) is 9.17. The normalized spacial score (nSPS) is 16.4. The topological polar surface area (TPSA) is 75.4 Å². The number of nitrogens with one attached hydrogen (secondary N) is 1. The molecule has 4 heteroatoms. The highest BCUT2D eigenvalue weighted by atomic mass is 16.3. The van der Waals surface area contributed by atoms with E-state index in [9.17, 15) is 9.90 Å². The molecule has 0 radical (unpaired) electrons. The van der Waals surface area contributed by atoms with E-state index in [-0.39, 0.29) is 17.6 Å². The van der Waals surface area contributed by atoms with Crippen LogP contribution in [0, 0.1) is 5.92 Å². The standard InChI is InChI=1S/C22H26N2O2/c1-2-3-4-13-24-21(26)22(23,18-11-12-18)19-9-5-7-16(14-19)17-8-6-10-20(25)15-17/h3-10,14-15,18,25H,2,11-13,23H2,1H3,(H,24,26)/b4-3+. The molecule has 1 aliphatic rings. The summed E-state index contributed by atoms with van der Waals surface area (Å²) in [4.78, 5) is 12.9. The minimum absolute atomic E-state index is 0.131. The summed E-state index contributed by atoms with van der Waals surface area (Å²) in [5.41, 5.74) is 8.31. The van der Waals surface area contributed by atoms with Crippen LogP contribution in [-0.2, 0) is 10.3 Å². The largest absolute Gasteiger partial charge is 0.508 e. The predicted octanol–water partition coefficient (Wildman–Crippen LogP) is 3.71. The fourth-order valence-corrected chi connectivity index (χ4v) is 3.28. The van der Waals surface area contributed by atoms with Crippen molar-refractivity contribution in [1.29, 1.82) is 0 Å². The van der Waals surface area contributed by atoms with Crippen LogP contribution in [0.3, 0.4) is 0 Å². The van der Waals surface area contributed by atoms with Gasteiger partial charge in [0.25, 0.3) is 0 Å². The van der Waals surface area contributed by atoms with Crippen molar-refractivity contribution in [2.45, 2.75) is 31.7 Å². The second kappa shape index (κ2) is 7.75. The Morgan fingerprint density at radius 3 is 2.54 bits per heavy atom. The molecule has 4 nitrogen and oxygen atoms in total. The van der Waals surface area contributed by atoms with Gasteiger partial charge in [-0.2, -0.15) is 0 Å². The lowest BCUT2D eigenvalue weighted by atomic mass is 9.83. The van der Waals surface area contributed by atoms with E-state index in [2.05, 4.69) is 12.2 Å². The van der Waals surface area contributed by atoms with E-state index in [0.29, 0.717) is 6.54 Å². The van der Waals surface area contributed by atoms with Gasteiger partial charge < -0.3 is 16.2 Å². The first kappa shape index (κ1) is 18.2. The predicted molar refractivity (Wildman–Crippen MR) is 105 cm³/mol. The third-order valence-electron chi connectivity index (χ3n) is 4.90. The van der Waals surface area contributed by atoms with E-state index in [1.165, 1.54) is 0 Å². The van der Waals surface area contributed by atoms with Gasteiger partial charge in [0.05, 0.1) is 0 Å². The molecule has 0 saturated heterocycles. The summed E-state index contributed by atoms with van der Waals surface area (Å²) in [6.45, 7) is 2.55. The van der Waals surface area contributed by atoms with Gasteiger partial charge in [0.15, 0.2) is 0 Å². The number of amides is 1. The number of hydrogen-bond donors (Lipinski definition) is 3. The molecule has 1 aliphatic carbocycles. The first-order valence-corrected chi connectivity index (χ1v) is 9.17. The number of rotatable bonds is 7. The highest BCUT2D eigenvalue weighted by molar-refractivity contribution is 5.89. The second-order valence-electron chi connectivity index (χ2n) is 6.86. The molecule has 0 spiro atoms. The Kier molecular flexibility index (Phi) is 5.43. The Hall–Kier alpha value is -2.59. The fourth-order valence-electron chi connectivity index (χ4n) is 3.28. The zero-order valence-electron chi connectivity index (χ0n) is 15.1. The highest BCUT2D eigenvalue weighted by Gasteiger charge is 2.49. The molecule has 2 aromatic rings. The van der Waals surface area contributed by atoms with Crippen LogP contribution >= 0.6 is 0 Å². The maximum Gasteiger partial charge on any atom is 0.245 e. The van der Waals surface area contributed by atoms with Crippen LogP contribution in [0.1, 0.15) is 31.7 Å². The number of carbonyl (C=O) groups excluding carboxylic acids is 1. The lowest BCUT2D eigenvalue weighted by Crippen LogP contribution is -2.53. The summed E-state index contributed by atoms with van der Waals surface area (Å²) in [6, 6.07) is 14.9. The van der Waals surface area contributed by atoms with Crippen LogP contribution in [0.25, 0.3) is 11.1 Å². The van der Waals surface area contributed by atoms with Gasteiger partial charge in [-0.15, -0.1) is 0 Å². The van der Waals surface area contributed by atoms with E-state index in [1.807, 2.05) is 42.5 Å². The average Bonchev–Trinajstić information content (AvgIpc) is 3.50. The molecule has 1 atom stereocenters. The Balaban J connectivity index is 1.89. The Labute approximate surface area is 154 Å². The van der Waals surface area contributed by atoms with Crippen LogP contribution < -0.4 is 11.1 Å². The molecule has 0 aliphatic heterocycles. The van der Waals surface area contributed by atoms with E-state index < -0.39 is 5.54 Å². The number of carbonyl (C=O) groups is 1. The Bertz CT molecular complexity index is 811. The van der Waals surface area contributed by atoms with Crippen molar-refractivity contribution in [2.75, 3.05) is 6.54 Å². The van der Waals surface area contributed by atoms with Gasteiger partial charge in [0.2, 0.25) is 5.91 Å². The lowest BCUT2D eigenvalue weighted by molar-refractivity contribution is -0.127. The molecule has 0 aromatic heterocycles. The third kappa shape index (κ3) is 3.81. The number of phenols is 1. The molecule has 0 bridgehead atoms. The monoisotopic (exact) mass is 350 g/mol. The van der Waals surface area contributed by atoms with Crippen molar-refractivity contribution in [3.8, 4) is 16.9 Å². The van der Waals surface area contributed by atoms with E-state index in [1.54, 1.807) is 18.2 Å². The number of benzene rings is 2. The molecule has 1 unspecified atom stereocenters. The number of nitrogens with two attached hydrogens (primary N) is 1. The van der Waals surface area contributed by atoms with E-state index >= 15 is 0 Å². The van der Waals surface area contributed by atoms with Crippen molar-refractivity contribution in [2.24, 2.45) is 11.7 Å². The quantitative estimate of drug-likeness (QED) is 0.666. The molecule has 2 aromatic carbocycles. The third-order valence-corrected chi connectivity index (χ3v) is 4.90. The highest BCUT2D eigenvalue weighted by Crippen LogP contribution is 2.45. The van der Waals surface area contributed by atoms with Gasteiger partial charge in [0, 0.05) is 6.54 Å². The summed E-state index contributed by atoms with van der Waals surface area (Å²) < 4.78 is 0. The molecule has 26 heavy (non-hydrogen) atoms. The summed E-state index contributed by atoms with van der Waals surface area (Å²) in [5, 5.41) is 12.7. The molecule has 0 heterocycles. The summed E-state index contributed by atoms with van der Waals surface area (Å²) in [5.74, 6) is 0.250. The molecule has 1 amide bonds. The van der Waals surface area contributed by atoms with Crippen molar-refractivity contribution in [3.63, 3.8) is 0 Å². The summed E-state index contributed by atoms with van der Waals surface area (Å²) >= 11 is 0. The SMILES string of the molecule is CC/C=C/CNC(=O)C(N)(c1cccc(-c2cccc(O)c2)c1)C1CC1. The summed E-state index contributed by atoms with van der Waals surface area (Å²) in [6.07, 6.45) is 6.85. The molecular weight excluding hydrogens is 324 g/mol. The maximum absolute atomic E-state index is 12.9. The maximum atomic E-state index is 12.9. The van der Waals surface area contributed by atoms with Gasteiger partial charge in [0.1, 0.15) is 11.3 Å². The Morgan fingerprint density at radius 2 is 1.88 bits per heavy atom. The van der Waals surface area contributed by atoms with Gasteiger partial charge in [-0.1, -0.05) is 49.4 Å².